The first-order valence-electron chi connectivity index (χ1n) is 3.76. The normalized spacial score (nSPS) is 11.3. The molecule has 0 bridgehead atoms. The zero-order valence-corrected chi connectivity index (χ0v) is 7.44. The number of rotatable bonds is 3. The molecular formula is C7H11N3O3. The predicted octanol–water partition coefficient (Wildman–Crippen LogP) is -0.543. The molecule has 0 saturated heterocycles. The monoisotopic (exact) mass is 185 g/mol. The number of hydrogen-bond acceptors (Lipinski definition) is 5. The van der Waals surface area contributed by atoms with E-state index in [0.29, 0.717) is 5.82 Å². The van der Waals surface area contributed by atoms with Crippen LogP contribution in [0.25, 0.3) is 0 Å². The van der Waals surface area contributed by atoms with E-state index in [2.05, 4.69) is 20.0 Å². The van der Waals surface area contributed by atoms with Gasteiger partial charge in [-0.1, -0.05) is 5.16 Å². The van der Waals surface area contributed by atoms with Gasteiger partial charge in [0.2, 0.25) is 6.39 Å². The van der Waals surface area contributed by atoms with Gasteiger partial charge in [0.05, 0.1) is 6.54 Å². The second-order valence-electron chi connectivity index (χ2n) is 3.09. The van der Waals surface area contributed by atoms with Crippen molar-refractivity contribution >= 4 is 5.91 Å². The zero-order chi connectivity index (χ0) is 9.90. The van der Waals surface area contributed by atoms with Gasteiger partial charge in [-0.15, -0.1) is 0 Å². The summed E-state index contributed by atoms with van der Waals surface area (Å²) in [6.45, 7) is 2.95. The van der Waals surface area contributed by atoms with Crippen LogP contribution in [0.4, 0.5) is 0 Å². The highest BCUT2D eigenvalue weighted by atomic mass is 16.5. The van der Waals surface area contributed by atoms with Gasteiger partial charge in [-0.2, -0.15) is 4.98 Å². The molecule has 1 amide bonds. The quantitative estimate of drug-likeness (QED) is 0.660. The molecule has 0 aromatic carbocycles. The topological polar surface area (TPSA) is 88.2 Å². The molecule has 6 heteroatoms. The molecule has 0 spiro atoms. The van der Waals surface area contributed by atoms with Crippen molar-refractivity contribution in [1.29, 1.82) is 0 Å². The van der Waals surface area contributed by atoms with Gasteiger partial charge in [-0.3, -0.25) is 4.79 Å². The van der Waals surface area contributed by atoms with Crippen molar-refractivity contribution in [1.82, 2.24) is 15.5 Å². The van der Waals surface area contributed by atoms with Crippen LogP contribution in [0.3, 0.4) is 0 Å². The van der Waals surface area contributed by atoms with E-state index in [1.54, 1.807) is 0 Å². The Morgan fingerprint density at radius 2 is 2.46 bits per heavy atom. The second-order valence-corrected chi connectivity index (χ2v) is 3.09. The number of aromatic nitrogens is 2. The largest absolute Gasteiger partial charge is 0.381 e. The van der Waals surface area contributed by atoms with Crippen molar-refractivity contribution < 1.29 is 14.4 Å². The van der Waals surface area contributed by atoms with Crippen LogP contribution in [0.1, 0.15) is 19.7 Å². The second kappa shape index (κ2) is 3.53. The lowest BCUT2D eigenvalue weighted by molar-refractivity contribution is -0.136. The van der Waals surface area contributed by atoms with Gasteiger partial charge < -0.3 is 14.9 Å². The highest BCUT2D eigenvalue weighted by molar-refractivity contribution is 5.83. The highest BCUT2D eigenvalue weighted by Crippen LogP contribution is 2.00. The Kier molecular flexibility index (Phi) is 2.62. The molecule has 2 N–H and O–H groups in total. The summed E-state index contributed by atoms with van der Waals surface area (Å²) in [5, 5.41) is 15.2. The van der Waals surface area contributed by atoms with Crippen molar-refractivity contribution in [2.24, 2.45) is 0 Å². The van der Waals surface area contributed by atoms with Crippen molar-refractivity contribution in [3.63, 3.8) is 0 Å². The van der Waals surface area contributed by atoms with Crippen LogP contribution in [-0.4, -0.2) is 26.8 Å². The van der Waals surface area contributed by atoms with Crippen LogP contribution in [0.2, 0.25) is 0 Å². The molecule has 0 aliphatic heterocycles. The molecule has 13 heavy (non-hydrogen) atoms. The summed E-state index contributed by atoms with van der Waals surface area (Å²) < 4.78 is 4.46. The summed E-state index contributed by atoms with van der Waals surface area (Å²) in [6, 6.07) is 0. The fourth-order valence-corrected chi connectivity index (χ4v) is 0.646. The maximum Gasteiger partial charge on any atom is 0.251 e. The Balaban J connectivity index is 2.40. The van der Waals surface area contributed by atoms with Crippen LogP contribution < -0.4 is 5.32 Å². The molecular weight excluding hydrogens is 174 g/mol. The molecule has 1 aromatic heterocycles. The van der Waals surface area contributed by atoms with Gasteiger partial charge in [-0.25, -0.2) is 0 Å². The van der Waals surface area contributed by atoms with Crippen molar-refractivity contribution in [3.8, 4) is 0 Å². The number of carbonyl (C=O) groups is 1. The van der Waals surface area contributed by atoms with Crippen LogP contribution in [0.15, 0.2) is 10.9 Å². The number of amides is 1. The fraction of sp³-hybridized carbons (Fsp3) is 0.571. The molecule has 0 fully saturated rings. The van der Waals surface area contributed by atoms with E-state index in [-0.39, 0.29) is 6.54 Å². The predicted molar refractivity (Wildman–Crippen MR) is 42.4 cm³/mol. The average Bonchev–Trinajstić information content (AvgIpc) is 2.50. The summed E-state index contributed by atoms with van der Waals surface area (Å²) >= 11 is 0. The maximum absolute atomic E-state index is 11.1. The van der Waals surface area contributed by atoms with Crippen molar-refractivity contribution in [2.45, 2.75) is 26.0 Å². The smallest absolute Gasteiger partial charge is 0.251 e. The van der Waals surface area contributed by atoms with Gasteiger partial charge in [-0.05, 0) is 13.8 Å². The van der Waals surface area contributed by atoms with Crippen molar-refractivity contribution in [3.05, 3.63) is 12.2 Å². The summed E-state index contributed by atoms with van der Waals surface area (Å²) in [5.41, 5.74) is -1.39. The Hall–Kier alpha value is -1.43. The molecule has 6 nitrogen and oxygen atoms in total. The summed E-state index contributed by atoms with van der Waals surface area (Å²) in [5.74, 6) is -0.102. The average molecular weight is 185 g/mol. The molecule has 72 valence electrons. The van der Waals surface area contributed by atoms with E-state index in [9.17, 15) is 9.90 Å². The van der Waals surface area contributed by atoms with E-state index in [0.717, 1.165) is 0 Å². The molecule has 1 heterocycles. The maximum atomic E-state index is 11.1. The molecule has 0 unspecified atom stereocenters. The van der Waals surface area contributed by atoms with Crippen LogP contribution in [0.5, 0.6) is 0 Å². The zero-order valence-electron chi connectivity index (χ0n) is 7.44. The third-order valence-electron chi connectivity index (χ3n) is 1.37. The SMILES string of the molecule is CC(C)(O)C(=O)NCc1ncon1. The Labute approximate surface area is 74.9 Å². The number of nitrogens with one attached hydrogen (secondary N) is 1. The van der Waals surface area contributed by atoms with Gasteiger partial charge in [0, 0.05) is 0 Å². The summed E-state index contributed by atoms with van der Waals surface area (Å²) in [4.78, 5) is 14.8. The minimum atomic E-state index is -1.39. The third kappa shape index (κ3) is 2.83. The molecule has 0 saturated carbocycles. The number of hydrogen-bond donors (Lipinski definition) is 2. The third-order valence-corrected chi connectivity index (χ3v) is 1.37. The first-order chi connectivity index (χ1) is 6.00. The van der Waals surface area contributed by atoms with Gasteiger partial charge in [0.15, 0.2) is 5.82 Å². The first-order valence-corrected chi connectivity index (χ1v) is 3.76. The lowest BCUT2D eigenvalue weighted by Crippen LogP contribution is -2.41. The molecule has 0 aliphatic rings. The highest BCUT2D eigenvalue weighted by Gasteiger charge is 2.23. The Bertz CT molecular complexity index is 276. The summed E-state index contributed by atoms with van der Waals surface area (Å²) in [7, 11) is 0. The van der Waals surface area contributed by atoms with Crippen molar-refractivity contribution in [2.75, 3.05) is 0 Å². The molecule has 1 aromatic rings. The Morgan fingerprint density at radius 3 is 2.92 bits per heavy atom. The minimum absolute atomic E-state index is 0.152. The van der Waals surface area contributed by atoms with E-state index in [1.165, 1.54) is 20.2 Å². The standard InChI is InChI=1S/C7H11N3O3/c1-7(2,12)6(11)8-3-5-9-4-13-10-5/h4,12H,3H2,1-2H3,(H,8,11). The van der Waals surface area contributed by atoms with E-state index < -0.39 is 11.5 Å². The number of aliphatic hydroxyl groups is 1. The minimum Gasteiger partial charge on any atom is -0.381 e. The van der Waals surface area contributed by atoms with E-state index in [4.69, 9.17) is 0 Å². The summed E-state index contributed by atoms with van der Waals surface area (Å²) in [6.07, 6.45) is 1.17. The van der Waals surface area contributed by atoms with Gasteiger partial charge in [0.1, 0.15) is 5.60 Å². The molecule has 1 rings (SSSR count). The molecule has 0 aliphatic carbocycles. The van der Waals surface area contributed by atoms with Gasteiger partial charge in [0.25, 0.3) is 5.91 Å². The van der Waals surface area contributed by atoms with Crippen LogP contribution in [-0.2, 0) is 11.3 Å². The fourth-order valence-electron chi connectivity index (χ4n) is 0.646. The number of carbonyl (C=O) groups excluding carboxylic acids is 1. The van der Waals surface area contributed by atoms with E-state index >= 15 is 0 Å². The van der Waals surface area contributed by atoms with Gasteiger partial charge >= 0.3 is 0 Å². The van der Waals surface area contributed by atoms with E-state index in [1.807, 2.05) is 0 Å². The lowest BCUT2D eigenvalue weighted by Gasteiger charge is -2.15. The van der Waals surface area contributed by atoms with Crippen LogP contribution in [0, 0.1) is 0 Å². The van der Waals surface area contributed by atoms with Crippen LogP contribution >= 0.6 is 0 Å². The number of nitrogens with zero attached hydrogens (tertiary/aromatic N) is 2. The first kappa shape index (κ1) is 9.66. The molecule has 0 atom stereocenters. The Morgan fingerprint density at radius 1 is 1.77 bits per heavy atom. The molecule has 0 radical (unpaired) electrons. The lowest BCUT2D eigenvalue weighted by atomic mass is 10.1.